The second kappa shape index (κ2) is 9.70. The van der Waals surface area contributed by atoms with E-state index in [0.29, 0.717) is 38.3 Å². The van der Waals surface area contributed by atoms with E-state index in [2.05, 4.69) is 17.0 Å². The summed E-state index contributed by atoms with van der Waals surface area (Å²) in [4.78, 5) is 17.6. The van der Waals surface area contributed by atoms with E-state index in [1.165, 1.54) is 15.9 Å². The van der Waals surface area contributed by atoms with Crippen LogP contribution >= 0.6 is 0 Å². The highest BCUT2D eigenvalue weighted by Crippen LogP contribution is 2.29. The van der Waals surface area contributed by atoms with Gasteiger partial charge in [-0.2, -0.15) is 4.31 Å². The molecular formula is C27H29N3O3S. The van der Waals surface area contributed by atoms with E-state index in [1.54, 1.807) is 23.1 Å². The molecule has 1 amide bonds. The maximum Gasteiger partial charge on any atom is 0.258 e. The van der Waals surface area contributed by atoms with Crippen molar-refractivity contribution in [1.82, 2.24) is 9.21 Å². The lowest BCUT2D eigenvalue weighted by molar-refractivity contribution is 0.0985. The molecule has 0 N–H and O–H groups in total. The molecule has 0 unspecified atom stereocenters. The summed E-state index contributed by atoms with van der Waals surface area (Å²) >= 11 is 0. The molecule has 0 radical (unpaired) electrons. The lowest BCUT2D eigenvalue weighted by Gasteiger charge is -2.34. The molecule has 6 nitrogen and oxygen atoms in total. The first-order valence-electron chi connectivity index (χ1n) is 11.8. The fourth-order valence-corrected chi connectivity index (χ4v) is 6.28. The lowest BCUT2D eigenvalue weighted by Crippen LogP contribution is -2.48. The van der Waals surface area contributed by atoms with Gasteiger partial charge in [0.25, 0.3) is 5.91 Å². The smallest absolute Gasteiger partial charge is 0.258 e. The number of carbonyl (C=O) groups is 1. The Morgan fingerprint density at radius 2 is 1.53 bits per heavy atom. The summed E-state index contributed by atoms with van der Waals surface area (Å²) in [6.07, 6.45) is 1.85. The summed E-state index contributed by atoms with van der Waals surface area (Å²) in [6.45, 7) is 3.68. The van der Waals surface area contributed by atoms with Gasteiger partial charge in [0.2, 0.25) is 10.0 Å². The number of amides is 1. The van der Waals surface area contributed by atoms with E-state index in [4.69, 9.17) is 0 Å². The number of rotatable bonds is 5. The largest absolute Gasteiger partial charge is 0.308 e. The van der Waals surface area contributed by atoms with E-state index in [-0.39, 0.29) is 10.8 Å². The highest BCUT2D eigenvalue weighted by molar-refractivity contribution is 7.89. The third kappa shape index (κ3) is 4.64. The predicted octanol–water partition coefficient (Wildman–Crippen LogP) is 3.79. The standard InChI is InChI=1S/C27H29N3O3S/c31-27(30-15-7-12-23-10-4-5-14-26(23)30)24-11-6-13-25(20-24)34(32,33)29-18-16-28(17-19-29)21-22-8-2-1-3-9-22/h1-6,8-11,13-14,20H,7,12,15-19,21H2. The molecule has 0 spiro atoms. The molecule has 2 aliphatic rings. The maximum atomic E-state index is 13.4. The van der Waals surface area contributed by atoms with Crippen molar-refractivity contribution in [2.24, 2.45) is 0 Å². The number of sulfonamides is 1. The van der Waals surface area contributed by atoms with Crippen LogP contribution in [0.4, 0.5) is 5.69 Å². The van der Waals surface area contributed by atoms with Crippen molar-refractivity contribution in [1.29, 1.82) is 0 Å². The molecule has 3 aromatic carbocycles. The van der Waals surface area contributed by atoms with Crippen LogP contribution in [0.3, 0.4) is 0 Å². The average molecular weight is 476 g/mol. The van der Waals surface area contributed by atoms with E-state index in [1.807, 2.05) is 42.5 Å². The third-order valence-corrected chi connectivity index (χ3v) is 8.55. The predicted molar refractivity (Wildman–Crippen MR) is 133 cm³/mol. The third-order valence-electron chi connectivity index (χ3n) is 6.65. The first-order valence-corrected chi connectivity index (χ1v) is 13.2. The normalized spacial score (nSPS) is 17.4. The molecule has 1 saturated heterocycles. The van der Waals surface area contributed by atoms with Gasteiger partial charge in [0.1, 0.15) is 0 Å². The number of carbonyl (C=O) groups excluding carboxylic acids is 1. The van der Waals surface area contributed by atoms with Crippen molar-refractivity contribution in [3.8, 4) is 0 Å². The molecule has 2 aliphatic heterocycles. The summed E-state index contributed by atoms with van der Waals surface area (Å²) in [5.74, 6) is -0.156. The van der Waals surface area contributed by atoms with Gasteiger partial charge in [-0.1, -0.05) is 54.6 Å². The molecule has 3 aromatic rings. The maximum absolute atomic E-state index is 13.4. The number of hydrogen-bond acceptors (Lipinski definition) is 4. The van der Waals surface area contributed by atoms with Crippen molar-refractivity contribution in [2.45, 2.75) is 24.3 Å². The molecule has 0 atom stereocenters. The van der Waals surface area contributed by atoms with E-state index < -0.39 is 10.0 Å². The molecule has 7 heteroatoms. The Bertz CT molecular complexity index is 1270. The summed E-state index contributed by atoms with van der Waals surface area (Å²) in [5, 5.41) is 0. The highest BCUT2D eigenvalue weighted by Gasteiger charge is 2.30. The zero-order valence-corrected chi connectivity index (χ0v) is 20.0. The minimum absolute atomic E-state index is 0.156. The van der Waals surface area contributed by atoms with Gasteiger partial charge in [-0.3, -0.25) is 9.69 Å². The van der Waals surface area contributed by atoms with Crippen LogP contribution in [0, 0.1) is 0 Å². The zero-order chi connectivity index (χ0) is 23.5. The van der Waals surface area contributed by atoms with Gasteiger partial charge in [0.15, 0.2) is 0 Å². The molecule has 0 saturated carbocycles. The number of anilines is 1. The van der Waals surface area contributed by atoms with Crippen LogP contribution in [-0.2, 0) is 23.0 Å². The Morgan fingerprint density at radius 1 is 0.794 bits per heavy atom. The topological polar surface area (TPSA) is 60.9 Å². The van der Waals surface area contributed by atoms with Gasteiger partial charge in [-0.25, -0.2) is 8.42 Å². The molecule has 0 bridgehead atoms. The van der Waals surface area contributed by atoms with Gasteiger partial charge < -0.3 is 4.90 Å². The van der Waals surface area contributed by atoms with Crippen LogP contribution in [0.25, 0.3) is 0 Å². The first kappa shape index (κ1) is 22.8. The highest BCUT2D eigenvalue weighted by atomic mass is 32.2. The lowest BCUT2D eigenvalue weighted by atomic mass is 10.0. The molecular weight excluding hydrogens is 446 g/mol. The van der Waals surface area contributed by atoms with Crippen molar-refractivity contribution < 1.29 is 13.2 Å². The van der Waals surface area contributed by atoms with E-state index in [9.17, 15) is 13.2 Å². The Kier molecular flexibility index (Phi) is 6.50. The minimum atomic E-state index is -3.67. The van der Waals surface area contributed by atoms with Crippen molar-refractivity contribution in [2.75, 3.05) is 37.6 Å². The number of benzene rings is 3. The van der Waals surface area contributed by atoms with Crippen molar-refractivity contribution >= 4 is 21.6 Å². The van der Waals surface area contributed by atoms with Gasteiger partial charge >= 0.3 is 0 Å². The number of para-hydroxylation sites is 1. The van der Waals surface area contributed by atoms with Gasteiger partial charge in [-0.05, 0) is 48.2 Å². The number of nitrogens with zero attached hydrogens (tertiary/aromatic N) is 3. The Hall–Kier alpha value is -3.00. The van der Waals surface area contributed by atoms with Gasteiger partial charge in [-0.15, -0.1) is 0 Å². The fourth-order valence-electron chi connectivity index (χ4n) is 4.81. The summed E-state index contributed by atoms with van der Waals surface area (Å²) in [5.41, 5.74) is 3.70. The summed E-state index contributed by atoms with van der Waals surface area (Å²) in [7, 11) is -3.67. The first-order chi connectivity index (χ1) is 16.5. The molecule has 176 valence electrons. The van der Waals surface area contributed by atoms with Crippen molar-refractivity contribution in [3.63, 3.8) is 0 Å². The van der Waals surface area contributed by atoms with Crippen LogP contribution in [0.2, 0.25) is 0 Å². The Morgan fingerprint density at radius 3 is 2.32 bits per heavy atom. The molecule has 1 fully saturated rings. The molecule has 0 aliphatic carbocycles. The van der Waals surface area contributed by atoms with Crippen LogP contribution in [0.1, 0.15) is 27.9 Å². The van der Waals surface area contributed by atoms with Gasteiger partial charge in [0, 0.05) is 50.5 Å². The van der Waals surface area contributed by atoms with Crippen LogP contribution in [0.5, 0.6) is 0 Å². The van der Waals surface area contributed by atoms with Crippen LogP contribution in [-0.4, -0.2) is 56.3 Å². The Labute approximate surface area is 201 Å². The minimum Gasteiger partial charge on any atom is -0.308 e. The number of piperazine rings is 1. The molecule has 0 aromatic heterocycles. The average Bonchev–Trinajstić information content (AvgIpc) is 2.89. The van der Waals surface area contributed by atoms with Crippen LogP contribution < -0.4 is 4.90 Å². The van der Waals surface area contributed by atoms with Crippen molar-refractivity contribution in [3.05, 3.63) is 95.6 Å². The van der Waals surface area contributed by atoms with E-state index >= 15 is 0 Å². The van der Waals surface area contributed by atoms with Gasteiger partial charge in [0.05, 0.1) is 4.90 Å². The SMILES string of the molecule is O=C(c1cccc(S(=O)(=O)N2CCN(Cc3ccccc3)CC2)c1)N1CCCc2ccccc21. The molecule has 34 heavy (non-hydrogen) atoms. The summed E-state index contributed by atoms with van der Waals surface area (Å²) < 4.78 is 28.3. The number of fused-ring (bicyclic) bond motifs is 1. The Balaban J connectivity index is 1.30. The molecule has 5 rings (SSSR count). The zero-order valence-electron chi connectivity index (χ0n) is 19.1. The quantitative estimate of drug-likeness (QED) is 0.563. The second-order valence-electron chi connectivity index (χ2n) is 8.88. The number of aryl methyl sites for hydroxylation is 1. The monoisotopic (exact) mass is 475 g/mol. The van der Waals surface area contributed by atoms with Crippen LogP contribution in [0.15, 0.2) is 83.8 Å². The molecule has 2 heterocycles. The summed E-state index contributed by atoms with van der Waals surface area (Å²) in [6, 6.07) is 24.6. The number of hydrogen-bond donors (Lipinski definition) is 0. The second-order valence-corrected chi connectivity index (χ2v) is 10.8. The van der Waals surface area contributed by atoms with E-state index in [0.717, 1.165) is 30.6 Å². The fraction of sp³-hybridized carbons (Fsp3) is 0.296.